The number of hydrogen-bond donors (Lipinski definition) is 1. The van der Waals surface area contributed by atoms with Crippen molar-refractivity contribution in [2.24, 2.45) is 0 Å². The average molecular weight is 235 g/mol. The number of hydrogen-bond acceptors (Lipinski definition) is 2. The van der Waals surface area contributed by atoms with Gasteiger partial charge < -0.3 is 5.32 Å². The summed E-state index contributed by atoms with van der Waals surface area (Å²) in [5, 5.41) is 7.93. The second kappa shape index (κ2) is 7.49. The Kier molecular flexibility index (Phi) is 5.56. The van der Waals surface area contributed by atoms with Gasteiger partial charge in [-0.05, 0) is 31.9 Å². The molecule has 1 saturated carbocycles. The first-order valence-corrected chi connectivity index (χ1v) is 7.16. The second-order valence-electron chi connectivity index (χ2n) is 5.12. The van der Waals surface area contributed by atoms with Crippen LogP contribution in [0.25, 0.3) is 0 Å². The van der Waals surface area contributed by atoms with Crippen LogP contribution in [0.2, 0.25) is 0 Å². The Bertz CT molecular complexity index is 274. The van der Waals surface area contributed by atoms with Crippen LogP contribution >= 0.6 is 0 Å². The van der Waals surface area contributed by atoms with Gasteiger partial charge >= 0.3 is 0 Å². The summed E-state index contributed by atoms with van der Waals surface area (Å²) in [6.45, 7) is 2.16. The van der Waals surface area contributed by atoms with Crippen LogP contribution in [0, 0.1) is 0 Å². The summed E-state index contributed by atoms with van der Waals surface area (Å²) in [4.78, 5) is 0. The van der Waals surface area contributed by atoms with Crippen LogP contribution in [-0.2, 0) is 6.54 Å². The summed E-state index contributed by atoms with van der Waals surface area (Å²) in [5.74, 6) is 0. The molecule has 0 aromatic carbocycles. The molecule has 1 aromatic heterocycles. The number of aromatic nitrogens is 2. The van der Waals surface area contributed by atoms with Gasteiger partial charge in [-0.2, -0.15) is 5.10 Å². The third-order valence-electron chi connectivity index (χ3n) is 3.66. The van der Waals surface area contributed by atoms with Gasteiger partial charge in [0.25, 0.3) is 0 Å². The van der Waals surface area contributed by atoms with Crippen LogP contribution in [0.4, 0.5) is 0 Å². The lowest BCUT2D eigenvalue weighted by Gasteiger charge is -2.21. The fourth-order valence-corrected chi connectivity index (χ4v) is 2.64. The van der Waals surface area contributed by atoms with Gasteiger partial charge in [-0.15, -0.1) is 0 Å². The quantitative estimate of drug-likeness (QED) is 0.795. The molecule has 1 fully saturated rings. The highest BCUT2D eigenvalue weighted by atomic mass is 15.3. The zero-order valence-corrected chi connectivity index (χ0v) is 10.8. The zero-order valence-electron chi connectivity index (χ0n) is 10.8. The fraction of sp³-hybridized carbons (Fsp3) is 0.786. The SMILES string of the molecule is c1cnn(CCCNC2CCCCCCC2)c1. The molecule has 2 rings (SSSR count). The summed E-state index contributed by atoms with van der Waals surface area (Å²) in [5.41, 5.74) is 0. The highest BCUT2D eigenvalue weighted by Gasteiger charge is 2.09. The summed E-state index contributed by atoms with van der Waals surface area (Å²) in [6.07, 6.45) is 15.0. The number of aryl methyl sites for hydroxylation is 1. The molecule has 17 heavy (non-hydrogen) atoms. The minimum atomic E-state index is 0.771. The van der Waals surface area contributed by atoms with Crippen LogP contribution in [0.15, 0.2) is 18.5 Å². The molecule has 1 N–H and O–H groups in total. The number of nitrogens with zero attached hydrogens (tertiary/aromatic N) is 2. The number of rotatable bonds is 5. The van der Waals surface area contributed by atoms with E-state index < -0.39 is 0 Å². The molecule has 0 saturated heterocycles. The molecule has 0 bridgehead atoms. The Morgan fingerprint density at radius 1 is 1.12 bits per heavy atom. The Labute approximate surface area is 105 Å². The third-order valence-corrected chi connectivity index (χ3v) is 3.66. The van der Waals surface area contributed by atoms with E-state index in [9.17, 15) is 0 Å². The van der Waals surface area contributed by atoms with E-state index in [4.69, 9.17) is 0 Å². The molecule has 3 nitrogen and oxygen atoms in total. The van der Waals surface area contributed by atoms with E-state index in [1.54, 1.807) is 0 Å². The molecule has 0 amide bonds. The molecule has 1 aliphatic carbocycles. The Morgan fingerprint density at radius 3 is 2.59 bits per heavy atom. The lowest BCUT2D eigenvalue weighted by atomic mass is 9.97. The molecule has 0 aliphatic heterocycles. The van der Waals surface area contributed by atoms with Crippen molar-refractivity contribution in [3.8, 4) is 0 Å². The van der Waals surface area contributed by atoms with Crippen molar-refractivity contribution < 1.29 is 0 Å². The van der Waals surface area contributed by atoms with Crippen LogP contribution in [0.5, 0.6) is 0 Å². The fourth-order valence-electron chi connectivity index (χ4n) is 2.64. The van der Waals surface area contributed by atoms with E-state index in [1.165, 1.54) is 51.4 Å². The Balaban J connectivity index is 1.57. The molecule has 0 spiro atoms. The molecule has 1 aromatic rings. The average Bonchev–Trinajstić information content (AvgIpc) is 2.79. The molecule has 1 heterocycles. The maximum atomic E-state index is 4.22. The second-order valence-corrected chi connectivity index (χ2v) is 5.12. The van der Waals surface area contributed by atoms with Gasteiger partial charge in [-0.1, -0.05) is 32.1 Å². The minimum Gasteiger partial charge on any atom is -0.314 e. The molecule has 0 radical (unpaired) electrons. The van der Waals surface area contributed by atoms with E-state index >= 15 is 0 Å². The van der Waals surface area contributed by atoms with Crippen molar-refractivity contribution in [1.82, 2.24) is 15.1 Å². The first kappa shape index (κ1) is 12.6. The molecule has 0 atom stereocenters. The lowest BCUT2D eigenvalue weighted by Crippen LogP contribution is -2.31. The zero-order chi connectivity index (χ0) is 11.8. The highest BCUT2D eigenvalue weighted by Crippen LogP contribution is 2.16. The van der Waals surface area contributed by atoms with Crippen molar-refractivity contribution in [3.05, 3.63) is 18.5 Å². The van der Waals surface area contributed by atoms with Gasteiger partial charge in [0.2, 0.25) is 0 Å². The van der Waals surface area contributed by atoms with E-state index in [-0.39, 0.29) is 0 Å². The minimum absolute atomic E-state index is 0.771. The van der Waals surface area contributed by atoms with Crippen molar-refractivity contribution in [2.45, 2.75) is 64.0 Å². The van der Waals surface area contributed by atoms with Gasteiger partial charge in [0.05, 0.1) is 0 Å². The maximum absolute atomic E-state index is 4.22. The van der Waals surface area contributed by atoms with Crippen molar-refractivity contribution in [1.29, 1.82) is 0 Å². The predicted molar refractivity (Wildman–Crippen MR) is 71.0 cm³/mol. The van der Waals surface area contributed by atoms with Crippen LogP contribution < -0.4 is 5.32 Å². The standard InChI is InChI=1S/C14H25N3/c1-2-4-8-14(9-5-3-1)15-10-6-12-17-13-7-11-16-17/h7,11,13-15H,1-6,8-10,12H2. The maximum Gasteiger partial charge on any atom is 0.0489 e. The van der Waals surface area contributed by atoms with Crippen LogP contribution in [0.3, 0.4) is 0 Å². The van der Waals surface area contributed by atoms with Gasteiger partial charge in [-0.25, -0.2) is 0 Å². The third kappa shape index (κ3) is 4.90. The van der Waals surface area contributed by atoms with Gasteiger partial charge in [-0.3, -0.25) is 4.68 Å². The van der Waals surface area contributed by atoms with E-state index in [1.807, 2.05) is 23.1 Å². The lowest BCUT2D eigenvalue weighted by molar-refractivity contribution is 0.383. The van der Waals surface area contributed by atoms with Crippen LogP contribution in [0.1, 0.15) is 51.4 Å². The first-order chi connectivity index (χ1) is 8.45. The van der Waals surface area contributed by atoms with Gasteiger partial charge in [0.15, 0.2) is 0 Å². The smallest absolute Gasteiger partial charge is 0.0489 e. The van der Waals surface area contributed by atoms with E-state index in [0.29, 0.717) is 0 Å². The van der Waals surface area contributed by atoms with Crippen molar-refractivity contribution in [3.63, 3.8) is 0 Å². The number of nitrogens with one attached hydrogen (secondary N) is 1. The summed E-state index contributed by atoms with van der Waals surface area (Å²) >= 11 is 0. The van der Waals surface area contributed by atoms with E-state index in [2.05, 4.69) is 10.4 Å². The summed E-state index contributed by atoms with van der Waals surface area (Å²) in [6, 6.07) is 2.76. The topological polar surface area (TPSA) is 29.9 Å². The molecule has 1 aliphatic rings. The van der Waals surface area contributed by atoms with Crippen molar-refractivity contribution >= 4 is 0 Å². The molecular formula is C14H25N3. The van der Waals surface area contributed by atoms with Crippen LogP contribution in [-0.4, -0.2) is 22.4 Å². The molecule has 0 unspecified atom stereocenters. The molecule has 3 heteroatoms. The van der Waals surface area contributed by atoms with Gasteiger partial charge in [0, 0.05) is 25.0 Å². The Hall–Kier alpha value is -0.830. The normalized spacial score (nSPS) is 18.8. The predicted octanol–water partition coefficient (Wildman–Crippen LogP) is 2.98. The summed E-state index contributed by atoms with van der Waals surface area (Å²) < 4.78 is 2.01. The molecule has 96 valence electrons. The molecular weight excluding hydrogens is 210 g/mol. The monoisotopic (exact) mass is 235 g/mol. The largest absolute Gasteiger partial charge is 0.314 e. The van der Waals surface area contributed by atoms with Crippen molar-refractivity contribution in [2.75, 3.05) is 6.54 Å². The first-order valence-electron chi connectivity index (χ1n) is 7.16. The highest BCUT2D eigenvalue weighted by molar-refractivity contribution is 4.77. The Morgan fingerprint density at radius 2 is 1.88 bits per heavy atom. The van der Waals surface area contributed by atoms with Gasteiger partial charge in [0.1, 0.15) is 0 Å². The summed E-state index contributed by atoms with van der Waals surface area (Å²) in [7, 11) is 0. The van der Waals surface area contributed by atoms with E-state index in [0.717, 1.165) is 19.1 Å².